The molecule has 3 rings (SSSR count). The van der Waals surface area contributed by atoms with E-state index in [-0.39, 0.29) is 11.9 Å². The van der Waals surface area contributed by atoms with Gasteiger partial charge in [0, 0.05) is 25.1 Å². The first-order chi connectivity index (χ1) is 12.3. The number of benzene rings is 2. The van der Waals surface area contributed by atoms with Crippen LogP contribution in [-0.4, -0.2) is 37.0 Å². The average Bonchev–Trinajstić information content (AvgIpc) is 3.20. The van der Waals surface area contributed by atoms with Crippen molar-refractivity contribution in [2.24, 2.45) is 0 Å². The smallest absolute Gasteiger partial charge is 0.281 e. The first-order valence-electron chi connectivity index (χ1n) is 9.05. The van der Waals surface area contributed by atoms with Gasteiger partial charge >= 0.3 is 0 Å². The third kappa shape index (κ3) is 4.83. The van der Waals surface area contributed by atoms with Crippen molar-refractivity contribution in [2.75, 3.05) is 20.2 Å². The van der Waals surface area contributed by atoms with E-state index in [4.69, 9.17) is 4.74 Å². The van der Waals surface area contributed by atoms with Gasteiger partial charge in [0.1, 0.15) is 12.3 Å². The van der Waals surface area contributed by atoms with Crippen molar-refractivity contribution >= 4 is 5.91 Å². The number of nitrogens with two attached hydrogens (primary N) is 1. The van der Waals surface area contributed by atoms with E-state index in [9.17, 15) is 4.79 Å². The number of carbonyl (C=O) groups is 1. The lowest BCUT2D eigenvalue weighted by atomic mass is 10.0. The van der Waals surface area contributed by atoms with Crippen molar-refractivity contribution in [3.63, 3.8) is 0 Å². The minimum Gasteiger partial charge on any atom is -0.497 e. The van der Waals surface area contributed by atoms with Crippen LogP contribution in [0.3, 0.4) is 0 Å². The minimum absolute atomic E-state index is 0.0670. The zero-order chi connectivity index (χ0) is 17.5. The fourth-order valence-electron chi connectivity index (χ4n) is 3.35. The number of quaternary nitrogens is 1. The second kappa shape index (κ2) is 8.67. The molecule has 25 heavy (non-hydrogen) atoms. The van der Waals surface area contributed by atoms with Crippen LogP contribution in [-0.2, 0) is 17.8 Å². The summed E-state index contributed by atoms with van der Waals surface area (Å²) < 4.78 is 5.21. The van der Waals surface area contributed by atoms with Gasteiger partial charge in [0.15, 0.2) is 6.04 Å². The molecule has 1 heterocycles. The van der Waals surface area contributed by atoms with Gasteiger partial charge in [0.05, 0.1) is 7.11 Å². The van der Waals surface area contributed by atoms with E-state index >= 15 is 0 Å². The van der Waals surface area contributed by atoms with E-state index in [1.807, 2.05) is 35.2 Å². The zero-order valence-electron chi connectivity index (χ0n) is 14.9. The molecule has 0 unspecified atom stereocenters. The van der Waals surface area contributed by atoms with Gasteiger partial charge in [-0.15, -0.1) is 0 Å². The lowest BCUT2D eigenvalue weighted by Gasteiger charge is -2.22. The molecule has 4 heteroatoms. The van der Waals surface area contributed by atoms with E-state index in [1.165, 1.54) is 11.1 Å². The van der Waals surface area contributed by atoms with Gasteiger partial charge in [-0.05, 0) is 42.7 Å². The molecule has 1 atom stereocenters. The quantitative estimate of drug-likeness (QED) is 0.839. The first kappa shape index (κ1) is 17.5. The molecular weight excluding hydrogens is 312 g/mol. The highest BCUT2D eigenvalue weighted by Crippen LogP contribution is 2.12. The van der Waals surface area contributed by atoms with E-state index in [0.29, 0.717) is 0 Å². The van der Waals surface area contributed by atoms with Crippen LogP contribution in [0.5, 0.6) is 5.75 Å². The summed E-state index contributed by atoms with van der Waals surface area (Å²) in [5.74, 6) is 1.13. The van der Waals surface area contributed by atoms with Crippen molar-refractivity contribution in [1.29, 1.82) is 0 Å². The highest BCUT2D eigenvalue weighted by atomic mass is 16.5. The van der Waals surface area contributed by atoms with Crippen LogP contribution in [0.25, 0.3) is 0 Å². The van der Waals surface area contributed by atoms with Crippen molar-refractivity contribution in [3.05, 3.63) is 65.7 Å². The van der Waals surface area contributed by atoms with Crippen LogP contribution < -0.4 is 10.1 Å². The topological polar surface area (TPSA) is 46.1 Å². The monoisotopic (exact) mass is 339 g/mol. The van der Waals surface area contributed by atoms with Gasteiger partial charge in [0.2, 0.25) is 0 Å². The predicted molar refractivity (Wildman–Crippen MR) is 98.4 cm³/mol. The van der Waals surface area contributed by atoms with E-state index < -0.39 is 0 Å². The lowest BCUT2D eigenvalue weighted by Crippen LogP contribution is -2.91. The van der Waals surface area contributed by atoms with E-state index in [1.54, 1.807) is 7.11 Å². The molecule has 0 aromatic heterocycles. The molecule has 1 aliphatic rings. The van der Waals surface area contributed by atoms with Gasteiger partial charge in [-0.25, -0.2) is 0 Å². The highest BCUT2D eigenvalue weighted by molar-refractivity contribution is 5.81. The molecule has 0 radical (unpaired) electrons. The summed E-state index contributed by atoms with van der Waals surface area (Å²) in [6.07, 6.45) is 3.02. The second-order valence-electron chi connectivity index (χ2n) is 6.62. The maximum Gasteiger partial charge on any atom is 0.281 e. The molecule has 1 amide bonds. The van der Waals surface area contributed by atoms with Gasteiger partial charge in [0.25, 0.3) is 5.91 Å². The number of ether oxygens (including phenoxy) is 1. The number of rotatable bonds is 7. The van der Waals surface area contributed by atoms with Crippen LogP contribution in [0.15, 0.2) is 54.6 Å². The molecule has 2 N–H and O–H groups in total. The van der Waals surface area contributed by atoms with Crippen molar-refractivity contribution in [3.8, 4) is 5.75 Å². The van der Waals surface area contributed by atoms with Gasteiger partial charge < -0.3 is 15.0 Å². The summed E-state index contributed by atoms with van der Waals surface area (Å²) in [5.41, 5.74) is 2.42. The molecular formula is C21H27N2O2+. The Bertz CT molecular complexity index is 664. The Morgan fingerprint density at radius 3 is 2.36 bits per heavy atom. The minimum atomic E-state index is -0.0670. The summed E-state index contributed by atoms with van der Waals surface area (Å²) in [5, 5.41) is 2.18. The molecule has 0 bridgehead atoms. The summed E-state index contributed by atoms with van der Waals surface area (Å²) in [4.78, 5) is 15.0. The third-order valence-electron chi connectivity index (χ3n) is 4.83. The summed E-state index contributed by atoms with van der Waals surface area (Å²) in [6.45, 7) is 2.60. The number of hydrogen-bond donors (Lipinski definition) is 1. The third-order valence-corrected chi connectivity index (χ3v) is 4.83. The molecule has 0 spiro atoms. The molecule has 2 aromatic carbocycles. The molecule has 132 valence electrons. The Hall–Kier alpha value is -2.33. The largest absolute Gasteiger partial charge is 0.497 e. The van der Waals surface area contributed by atoms with Gasteiger partial charge in [-0.1, -0.05) is 30.3 Å². The molecule has 1 fully saturated rings. The summed E-state index contributed by atoms with van der Waals surface area (Å²) >= 11 is 0. The number of methoxy groups -OCH3 is 1. The Morgan fingerprint density at radius 2 is 1.72 bits per heavy atom. The van der Waals surface area contributed by atoms with Gasteiger partial charge in [-0.2, -0.15) is 0 Å². The van der Waals surface area contributed by atoms with Crippen LogP contribution in [0, 0.1) is 0 Å². The maximum atomic E-state index is 12.9. The van der Waals surface area contributed by atoms with Crippen molar-refractivity contribution in [2.45, 2.75) is 31.8 Å². The van der Waals surface area contributed by atoms with Gasteiger partial charge in [-0.3, -0.25) is 4.79 Å². The molecule has 1 saturated heterocycles. The standard InChI is InChI=1S/C21H26N2O2/c1-25-19-11-9-18(10-12-19)16-22-20(15-17-7-3-2-4-8-17)21(24)23-13-5-6-14-23/h2-4,7-12,20,22H,5-6,13-16H2,1H3/p+1/t20-/m0/s1. The van der Waals surface area contributed by atoms with Crippen LogP contribution in [0.1, 0.15) is 24.0 Å². The molecule has 4 nitrogen and oxygen atoms in total. The number of carbonyl (C=O) groups excluding carboxylic acids is 1. The highest BCUT2D eigenvalue weighted by Gasteiger charge is 2.29. The predicted octanol–water partition coefficient (Wildman–Crippen LogP) is 1.99. The van der Waals surface area contributed by atoms with Crippen LogP contribution in [0.4, 0.5) is 0 Å². The van der Waals surface area contributed by atoms with Crippen LogP contribution >= 0.6 is 0 Å². The Balaban J connectivity index is 1.67. The summed E-state index contributed by atoms with van der Waals surface area (Å²) in [6, 6.07) is 18.3. The summed E-state index contributed by atoms with van der Waals surface area (Å²) in [7, 11) is 1.67. The lowest BCUT2D eigenvalue weighted by molar-refractivity contribution is -0.692. The average molecular weight is 339 g/mol. The molecule has 0 saturated carbocycles. The first-order valence-corrected chi connectivity index (χ1v) is 9.05. The fourth-order valence-corrected chi connectivity index (χ4v) is 3.35. The zero-order valence-corrected chi connectivity index (χ0v) is 14.9. The van der Waals surface area contributed by atoms with E-state index in [0.717, 1.165) is 44.6 Å². The number of likely N-dealkylation sites (tertiary alicyclic amines) is 1. The van der Waals surface area contributed by atoms with E-state index in [2.05, 4.69) is 29.6 Å². The Labute approximate surface area is 149 Å². The molecule has 0 aliphatic carbocycles. The SMILES string of the molecule is COc1ccc(C[NH2+][C@@H](Cc2ccccc2)C(=O)N2CCCC2)cc1. The number of nitrogens with zero attached hydrogens (tertiary/aromatic N) is 1. The van der Waals surface area contributed by atoms with Crippen LogP contribution in [0.2, 0.25) is 0 Å². The maximum absolute atomic E-state index is 12.9. The number of amides is 1. The number of hydrogen-bond acceptors (Lipinski definition) is 2. The van der Waals surface area contributed by atoms with Crippen molar-refractivity contribution < 1.29 is 14.8 Å². The molecule has 1 aliphatic heterocycles. The molecule has 2 aromatic rings. The fraction of sp³-hybridized carbons (Fsp3) is 0.381. The second-order valence-corrected chi connectivity index (χ2v) is 6.62. The Kier molecular flexibility index (Phi) is 6.07. The normalized spacial score (nSPS) is 15.2. The van der Waals surface area contributed by atoms with Crippen molar-refractivity contribution in [1.82, 2.24) is 4.90 Å². The Morgan fingerprint density at radius 1 is 1.04 bits per heavy atom.